The lowest BCUT2D eigenvalue weighted by Gasteiger charge is -2.27. The second-order valence-corrected chi connectivity index (χ2v) is 5.50. The Labute approximate surface area is 125 Å². The van der Waals surface area contributed by atoms with Crippen LogP contribution in [0.25, 0.3) is 0 Å². The molecule has 0 saturated heterocycles. The Morgan fingerprint density at radius 3 is 2.90 bits per heavy atom. The Morgan fingerprint density at radius 2 is 2.30 bits per heavy atom. The molecule has 1 aliphatic rings. The van der Waals surface area contributed by atoms with Crippen molar-refractivity contribution in [2.24, 2.45) is 0 Å². The molecule has 1 aromatic carbocycles. The highest BCUT2D eigenvalue weighted by Gasteiger charge is 2.21. The number of rotatable bonds is 3. The first kappa shape index (κ1) is 15.0. The number of nitrogens with zero attached hydrogens (tertiary/aromatic N) is 1. The van der Waals surface area contributed by atoms with Gasteiger partial charge in [-0.15, -0.1) is 0 Å². The number of nitrogens with two attached hydrogens (primary N) is 1. The number of halogens is 2. The molecule has 0 unspecified atom stereocenters. The first-order valence-corrected chi connectivity index (χ1v) is 7.03. The Balaban J connectivity index is 2.15. The molecular formula is C14H16BrFN2O2. The second kappa shape index (κ2) is 6.37. The lowest BCUT2D eigenvalue weighted by Crippen LogP contribution is -2.35. The van der Waals surface area contributed by atoms with Crippen LogP contribution in [0.2, 0.25) is 0 Å². The van der Waals surface area contributed by atoms with Crippen LogP contribution < -0.4 is 5.73 Å². The van der Waals surface area contributed by atoms with Crippen LogP contribution in [0, 0.1) is 5.82 Å². The van der Waals surface area contributed by atoms with Crippen molar-refractivity contribution in [2.75, 3.05) is 32.5 Å². The molecule has 0 aliphatic carbocycles. The van der Waals surface area contributed by atoms with Crippen LogP contribution in [0.4, 0.5) is 10.1 Å². The van der Waals surface area contributed by atoms with E-state index in [0.717, 1.165) is 6.42 Å². The Bertz CT molecular complexity index is 560. The number of benzene rings is 1. The maximum Gasteiger partial charge on any atom is 0.255 e. The van der Waals surface area contributed by atoms with E-state index in [9.17, 15) is 9.18 Å². The van der Waals surface area contributed by atoms with E-state index in [2.05, 4.69) is 15.9 Å². The first-order valence-electron chi connectivity index (χ1n) is 6.23. The molecule has 2 N–H and O–H groups in total. The summed E-state index contributed by atoms with van der Waals surface area (Å²) in [5, 5.41) is 0. The molecule has 108 valence electrons. The number of nitrogen functional groups attached to an aromatic ring is 1. The molecule has 0 saturated carbocycles. The van der Waals surface area contributed by atoms with Crippen molar-refractivity contribution < 1.29 is 13.9 Å². The maximum atomic E-state index is 13.3. The zero-order chi connectivity index (χ0) is 14.7. The van der Waals surface area contributed by atoms with Crippen molar-refractivity contribution in [3.8, 4) is 0 Å². The van der Waals surface area contributed by atoms with Crippen molar-refractivity contribution in [3.63, 3.8) is 0 Å². The van der Waals surface area contributed by atoms with Gasteiger partial charge in [-0.2, -0.15) is 0 Å². The smallest absolute Gasteiger partial charge is 0.255 e. The fraction of sp³-hybridized carbons (Fsp3) is 0.357. The molecule has 0 radical (unpaired) electrons. The number of hydrogen-bond acceptors (Lipinski definition) is 3. The average molecular weight is 343 g/mol. The van der Waals surface area contributed by atoms with E-state index in [1.54, 1.807) is 12.0 Å². The molecule has 6 heteroatoms. The summed E-state index contributed by atoms with van der Waals surface area (Å²) in [6.07, 6.45) is 2.78. The standard InChI is InChI=1S/C14H16BrFN2O2/c1-20-8-9-2-4-18(5-3-9)14(19)10-6-13(17)12(16)7-11(10)15/h2,6-7H,3-5,8,17H2,1H3. The van der Waals surface area contributed by atoms with Crippen LogP contribution in [0.1, 0.15) is 16.8 Å². The zero-order valence-electron chi connectivity index (χ0n) is 11.2. The molecule has 0 spiro atoms. The number of carbonyl (C=O) groups excluding carboxylic acids is 1. The molecule has 0 bridgehead atoms. The molecule has 0 fully saturated rings. The van der Waals surface area contributed by atoms with Crippen LogP contribution >= 0.6 is 15.9 Å². The van der Waals surface area contributed by atoms with Gasteiger partial charge in [0.25, 0.3) is 5.91 Å². The van der Waals surface area contributed by atoms with Crippen molar-refractivity contribution >= 4 is 27.5 Å². The summed E-state index contributed by atoms with van der Waals surface area (Å²) < 4.78 is 18.8. The normalized spacial score (nSPS) is 15.2. The first-order chi connectivity index (χ1) is 9.52. The number of anilines is 1. The van der Waals surface area contributed by atoms with E-state index in [4.69, 9.17) is 10.5 Å². The second-order valence-electron chi connectivity index (χ2n) is 4.65. The van der Waals surface area contributed by atoms with E-state index in [1.165, 1.54) is 17.7 Å². The predicted molar refractivity (Wildman–Crippen MR) is 79.0 cm³/mol. The van der Waals surface area contributed by atoms with Gasteiger partial charge in [0.15, 0.2) is 0 Å². The van der Waals surface area contributed by atoms with Gasteiger partial charge < -0.3 is 15.4 Å². The van der Waals surface area contributed by atoms with Gasteiger partial charge in [-0.1, -0.05) is 6.08 Å². The predicted octanol–water partition coefficient (Wildman–Crippen LogP) is 2.59. The van der Waals surface area contributed by atoms with Crippen LogP contribution in [-0.2, 0) is 4.74 Å². The van der Waals surface area contributed by atoms with E-state index in [1.807, 2.05) is 6.08 Å². The molecule has 20 heavy (non-hydrogen) atoms. The summed E-state index contributed by atoms with van der Waals surface area (Å²) in [5.74, 6) is -0.689. The lowest BCUT2D eigenvalue weighted by molar-refractivity contribution is 0.0764. The third kappa shape index (κ3) is 3.19. The van der Waals surface area contributed by atoms with Crippen molar-refractivity contribution in [1.29, 1.82) is 0 Å². The summed E-state index contributed by atoms with van der Waals surface area (Å²) in [6, 6.07) is 2.59. The third-order valence-corrected chi connectivity index (χ3v) is 3.89. The van der Waals surface area contributed by atoms with E-state index < -0.39 is 5.82 Å². The Hall–Kier alpha value is -1.40. The number of hydrogen-bond donors (Lipinski definition) is 1. The number of methoxy groups -OCH3 is 1. The topological polar surface area (TPSA) is 55.6 Å². The van der Waals surface area contributed by atoms with Gasteiger partial charge in [0.2, 0.25) is 0 Å². The fourth-order valence-corrected chi connectivity index (χ4v) is 2.60. The fourth-order valence-electron chi connectivity index (χ4n) is 2.11. The van der Waals surface area contributed by atoms with E-state index in [-0.39, 0.29) is 11.6 Å². The monoisotopic (exact) mass is 342 g/mol. The summed E-state index contributed by atoms with van der Waals surface area (Å²) in [6.45, 7) is 1.74. The van der Waals surface area contributed by atoms with Crippen molar-refractivity contribution in [2.45, 2.75) is 6.42 Å². The SMILES string of the molecule is COCC1=CCN(C(=O)c2cc(N)c(F)cc2Br)CC1. The molecule has 1 aliphatic heterocycles. The summed E-state index contributed by atoms with van der Waals surface area (Å²) >= 11 is 3.21. The molecular weight excluding hydrogens is 327 g/mol. The highest BCUT2D eigenvalue weighted by molar-refractivity contribution is 9.10. The van der Waals surface area contributed by atoms with Crippen LogP contribution in [0.5, 0.6) is 0 Å². The highest BCUT2D eigenvalue weighted by atomic mass is 79.9. The van der Waals surface area contributed by atoms with Crippen molar-refractivity contribution in [3.05, 3.63) is 39.6 Å². The van der Waals surface area contributed by atoms with Gasteiger partial charge in [0.1, 0.15) is 5.82 Å². The molecule has 2 rings (SSSR count). The van der Waals surface area contributed by atoms with Crippen LogP contribution in [0.15, 0.2) is 28.3 Å². The number of ether oxygens (including phenoxy) is 1. The number of carbonyl (C=O) groups is 1. The Morgan fingerprint density at radius 1 is 1.55 bits per heavy atom. The molecule has 1 amide bonds. The van der Waals surface area contributed by atoms with Crippen LogP contribution in [-0.4, -0.2) is 37.6 Å². The van der Waals surface area contributed by atoms with Crippen LogP contribution in [0.3, 0.4) is 0 Å². The van der Waals surface area contributed by atoms with E-state index in [0.29, 0.717) is 29.7 Å². The maximum absolute atomic E-state index is 13.3. The van der Waals surface area contributed by atoms with Crippen molar-refractivity contribution in [1.82, 2.24) is 4.90 Å². The average Bonchev–Trinajstić information content (AvgIpc) is 2.43. The molecule has 4 nitrogen and oxygen atoms in total. The molecule has 0 atom stereocenters. The lowest BCUT2D eigenvalue weighted by atomic mass is 10.1. The quantitative estimate of drug-likeness (QED) is 0.678. The van der Waals surface area contributed by atoms with Gasteiger partial charge in [0, 0.05) is 24.7 Å². The minimum Gasteiger partial charge on any atom is -0.396 e. The van der Waals surface area contributed by atoms with Gasteiger partial charge >= 0.3 is 0 Å². The van der Waals surface area contributed by atoms with Gasteiger partial charge in [-0.25, -0.2) is 4.39 Å². The van der Waals surface area contributed by atoms with Gasteiger partial charge in [0.05, 0.1) is 17.9 Å². The third-order valence-electron chi connectivity index (χ3n) is 3.24. The summed E-state index contributed by atoms with van der Waals surface area (Å²) in [5.41, 5.74) is 7.07. The summed E-state index contributed by atoms with van der Waals surface area (Å²) in [7, 11) is 1.65. The highest BCUT2D eigenvalue weighted by Crippen LogP contribution is 2.25. The minimum atomic E-state index is -0.533. The Kier molecular flexibility index (Phi) is 4.77. The summed E-state index contributed by atoms with van der Waals surface area (Å²) in [4.78, 5) is 14.1. The molecule has 0 aromatic heterocycles. The minimum absolute atomic E-state index is 0.0239. The zero-order valence-corrected chi connectivity index (χ0v) is 12.7. The number of amides is 1. The molecule has 1 aromatic rings. The van der Waals surface area contributed by atoms with Gasteiger partial charge in [-0.3, -0.25) is 4.79 Å². The molecule has 1 heterocycles. The van der Waals surface area contributed by atoms with E-state index >= 15 is 0 Å². The van der Waals surface area contributed by atoms with Gasteiger partial charge in [-0.05, 0) is 40.1 Å². The largest absolute Gasteiger partial charge is 0.396 e.